The maximum atomic E-state index is 12.1. The Balaban J connectivity index is 0.000000351. The molecule has 0 heterocycles. The molecular formula is C44H42B4N4O23. The van der Waals surface area contributed by atoms with Gasteiger partial charge >= 0.3 is 52.1 Å². The van der Waals surface area contributed by atoms with E-state index in [9.17, 15) is 59.6 Å². The second-order valence-corrected chi connectivity index (χ2v) is 14.6. The van der Waals surface area contributed by atoms with E-state index in [4.69, 9.17) is 49.7 Å². The number of methoxy groups -OCH3 is 1. The quantitative estimate of drug-likeness (QED) is 0.0171. The second kappa shape index (κ2) is 29.5. The first-order valence-electron chi connectivity index (χ1n) is 20.5. The Morgan fingerprint density at radius 2 is 0.867 bits per heavy atom. The molecule has 0 unspecified atom stereocenters. The normalized spacial score (nSPS) is 9.79. The summed E-state index contributed by atoms with van der Waals surface area (Å²) in [7, 11) is -6.23. The minimum Gasteiger partial charge on any atom is -0.465 e. The van der Waals surface area contributed by atoms with Gasteiger partial charge in [-0.15, -0.1) is 0 Å². The molecule has 0 bridgehead atoms. The van der Waals surface area contributed by atoms with Gasteiger partial charge in [-0.05, 0) is 58.6 Å². The van der Waals surface area contributed by atoms with Crippen LogP contribution in [0.2, 0.25) is 0 Å². The molecule has 0 saturated carbocycles. The third-order valence-electron chi connectivity index (χ3n) is 9.31. The van der Waals surface area contributed by atoms with Gasteiger partial charge in [-0.2, -0.15) is 0 Å². The van der Waals surface area contributed by atoms with Gasteiger partial charge in [-0.3, -0.25) is 45.3 Å². The number of ketones is 1. The summed E-state index contributed by atoms with van der Waals surface area (Å²) < 4.78 is 14.3. The number of benzene rings is 6. The van der Waals surface area contributed by atoms with Gasteiger partial charge in [0.2, 0.25) is 5.75 Å². The summed E-state index contributed by atoms with van der Waals surface area (Å²) in [6, 6.07) is 29.3. The molecule has 0 spiro atoms. The summed E-state index contributed by atoms with van der Waals surface area (Å²) >= 11 is 0. The van der Waals surface area contributed by atoms with Gasteiger partial charge in [0.1, 0.15) is 6.61 Å². The predicted molar refractivity (Wildman–Crippen MR) is 267 cm³/mol. The molecule has 6 aromatic carbocycles. The van der Waals surface area contributed by atoms with Crippen LogP contribution in [0.4, 0.5) is 22.7 Å². The van der Waals surface area contributed by atoms with Crippen molar-refractivity contribution in [3.05, 3.63) is 202 Å². The zero-order chi connectivity index (χ0) is 55.4. The first-order chi connectivity index (χ1) is 34.8. The van der Waals surface area contributed by atoms with Crippen LogP contribution < -0.4 is 26.6 Å². The maximum Gasteiger partial charge on any atom is 0.488 e. The van der Waals surface area contributed by atoms with Crippen LogP contribution in [0.5, 0.6) is 5.75 Å². The highest BCUT2D eigenvalue weighted by Crippen LogP contribution is 2.27. The fourth-order valence-corrected chi connectivity index (χ4v) is 5.72. The summed E-state index contributed by atoms with van der Waals surface area (Å²) in [5.74, 6) is -3.11. The Hall–Kier alpha value is -9.06. The fourth-order valence-electron chi connectivity index (χ4n) is 5.72. The average molecular weight is 1040 g/mol. The number of carbonyl (C=O) groups excluding carboxylic acids is 4. The minimum atomic E-state index is -2.04. The number of nitro groups is 4. The van der Waals surface area contributed by atoms with E-state index >= 15 is 0 Å². The number of nitrogens with zero attached hydrogens (tertiary/aromatic N) is 4. The number of ether oxygens (including phenoxy) is 3. The summed E-state index contributed by atoms with van der Waals surface area (Å²) in [6.07, 6.45) is 0. The minimum absolute atomic E-state index is 0. The highest BCUT2D eigenvalue weighted by molar-refractivity contribution is 6.60. The van der Waals surface area contributed by atoms with Gasteiger partial charge in [0.15, 0.2) is 5.78 Å². The number of hydrogen-bond donors (Lipinski definition) is 8. The first-order valence-corrected chi connectivity index (χ1v) is 20.5. The van der Waals surface area contributed by atoms with E-state index in [2.05, 4.69) is 4.74 Å². The summed E-state index contributed by atoms with van der Waals surface area (Å²) in [4.78, 5) is 86.1. The molecule has 0 saturated heterocycles. The van der Waals surface area contributed by atoms with Crippen molar-refractivity contribution in [3.8, 4) is 5.75 Å². The molecule has 388 valence electrons. The van der Waals surface area contributed by atoms with Crippen LogP contribution in [-0.4, -0.2) is 119 Å². The van der Waals surface area contributed by atoms with Crippen molar-refractivity contribution in [2.24, 2.45) is 0 Å². The molecule has 0 aliphatic carbocycles. The maximum absolute atomic E-state index is 12.1. The monoisotopic (exact) mass is 1040 g/mol. The molecule has 0 fully saturated rings. The largest absolute Gasteiger partial charge is 0.488 e. The molecule has 0 aliphatic heterocycles. The molecule has 31 heteroatoms. The van der Waals surface area contributed by atoms with Crippen molar-refractivity contribution in [1.29, 1.82) is 0 Å². The molecule has 0 amide bonds. The summed E-state index contributed by atoms with van der Waals surface area (Å²) in [5, 5.41) is 115. The molecule has 0 aliphatic rings. The van der Waals surface area contributed by atoms with Crippen LogP contribution in [0, 0.1) is 40.5 Å². The van der Waals surface area contributed by atoms with Gasteiger partial charge in [0, 0.05) is 48.0 Å². The van der Waals surface area contributed by atoms with E-state index in [-0.39, 0.29) is 58.6 Å². The van der Waals surface area contributed by atoms with Gasteiger partial charge in [-0.1, -0.05) is 74.2 Å². The van der Waals surface area contributed by atoms with Gasteiger partial charge < -0.3 is 54.4 Å². The van der Waals surface area contributed by atoms with Crippen LogP contribution in [0.1, 0.15) is 61.3 Å². The van der Waals surface area contributed by atoms with Gasteiger partial charge in [-0.25, -0.2) is 14.4 Å². The lowest BCUT2D eigenvalue weighted by Gasteiger charge is -2.07. The summed E-state index contributed by atoms with van der Waals surface area (Å²) in [5.41, 5.74) is -1.43. The lowest BCUT2D eigenvalue weighted by Crippen LogP contribution is -2.31. The van der Waals surface area contributed by atoms with Crippen molar-refractivity contribution in [2.45, 2.75) is 21.0 Å². The SMILES string of the molecule is C.CC(=O)c1cccc(B(O)O)c1.COC(=O)c1cc(B(O)O)cc([N+](=O)[O-])c1.O=C(OCc1ccccc1)c1cc(B(O)O)cc([N+](=O)[O-])c1.O=C(Oc1ccccc1[N+](=O)[O-])c1cc(B(O)O)cc([N+](=O)[O-])c1. The van der Waals surface area contributed by atoms with E-state index in [1.54, 1.807) is 42.5 Å². The average Bonchev–Trinajstić information content (AvgIpc) is 3.38. The zero-order valence-corrected chi connectivity index (χ0v) is 38.2. The van der Waals surface area contributed by atoms with Crippen molar-refractivity contribution >= 4 is 96.8 Å². The fraction of sp³-hybridized carbons (Fsp3) is 0.0909. The number of nitro benzene ring substituents is 4. The third kappa shape index (κ3) is 19.5. The van der Waals surface area contributed by atoms with Gasteiger partial charge in [0.25, 0.3) is 17.1 Å². The molecule has 0 radical (unpaired) electrons. The number of Topliss-reactive ketones (excluding diaryl/α,β-unsaturated/α-hetero) is 1. The van der Waals surface area contributed by atoms with Crippen molar-refractivity contribution in [1.82, 2.24) is 0 Å². The van der Waals surface area contributed by atoms with E-state index in [0.29, 0.717) is 11.0 Å². The summed E-state index contributed by atoms with van der Waals surface area (Å²) in [6.45, 7) is 1.45. The Kier molecular flexibility index (Phi) is 24.4. The Bertz CT molecular complexity index is 3020. The third-order valence-corrected chi connectivity index (χ3v) is 9.31. The van der Waals surface area contributed by atoms with Crippen molar-refractivity contribution in [2.75, 3.05) is 7.11 Å². The number of non-ortho nitro benzene ring substituents is 3. The predicted octanol–water partition coefficient (Wildman–Crippen LogP) is 0.300. The van der Waals surface area contributed by atoms with Crippen LogP contribution >= 0.6 is 0 Å². The Morgan fingerprint density at radius 3 is 1.27 bits per heavy atom. The van der Waals surface area contributed by atoms with Gasteiger partial charge in [0.05, 0.1) is 43.5 Å². The zero-order valence-electron chi connectivity index (χ0n) is 38.2. The number of esters is 3. The molecule has 0 atom stereocenters. The lowest BCUT2D eigenvalue weighted by atomic mass is 9.79. The molecular weight excluding hydrogens is 996 g/mol. The molecule has 6 rings (SSSR count). The van der Waals surface area contributed by atoms with E-state index in [1.807, 2.05) is 6.07 Å². The van der Waals surface area contributed by atoms with Crippen LogP contribution in [0.15, 0.2) is 133 Å². The Labute approximate surface area is 424 Å². The highest BCUT2D eigenvalue weighted by atomic mass is 16.6. The van der Waals surface area contributed by atoms with E-state index in [1.165, 1.54) is 31.2 Å². The van der Waals surface area contributed by atoms with Crippen molar-refractivity contribution in [3.63, 3.8) is 0 Å². The molecule has 27 nitrogen and oxygen atoms in total. The number of rotatable bonds is 15. The van der Waals surface area contributed by atoms with E-state index in [0.717, 1.165) is 73.3 Å². The standard InChI is InChI=1S/C14H12BNO6.C13H9BN2O8.C8H8BNO6.C8H9BO3.CH4/c17-14(22-9-10-4-2-1-3-5-10)11-6-12(15(18)19)8-13(7-11)16(20)21;17-13(24-12-4-2-1-3-11(12)16(22)23)8-5-9(14(18)19)7-10(6-8)15(20)21;1-16-8(11)5-2-6(9(12)13)4-7(3-5)10(14)15;1-6(10)7-3-2-4-8(5-7)9(11)12;/h1-8,18-19H,9H2;1-7,18-19H;2-4,12-13H,1H3;2-5,11-12H,1H3;1H4. The second-order valence-electron chi connectivity index (χ2n) is 14.6. The van der Waals surface area contributed by atoms with Crippen molar-refractivity contribution < 1.29 is 93.3 Å². The van der Waals surface area contributed by atoms with Crippen LogP contribution in [0.25, 0.3) is 0 Å². The molecule has 6 aromatic rings. The lowest BCUT2D eigenvalue weighted by molar-refractivity contribution is -0.385. The molecule has 75 heavy (non-hydrogen) atoms. The Morgan fingerprint density at radius 1 is 0.467 bits per heavy atom. The van der Waals surface area contributed by atoms with E-state index < -0.39 is 88.8 Å². The number of hydrogen-bond acceptors (Lipinski definition) is 23. The highest BCUT2D eigenvalue weighted by Gasteiger charge is 2.25. The van der Waals surface area contributed by atoms with Crippen LogP contribution in [0.3, 0.4) is 0 Å². The topological polar surface area (TPSA) is 430 Å². The smallest absolute Gasteiger partial charge is 0.465 e. The molecule has 8 N–H and O–H groups in total. The molecule has 0 aromatic heterocycles. The number of para-hydroxylation sites is 2. The van der Waals surface area contributed by atoms with Crippen LogP contribution in [-0.2, 0) is 16.1 Å². The number of carbonyl (C=O) groups is 4. The first kappa shape index (κ1) is 62.1.